The molecule has 0 aliphatic carbocycles. The predicted molar refractivity (Wildman–Crippen MR) is 71.3 cm³/mol. The summed E-state index contributed by atoms with van der Waals surface area (Å²) in [6, 6.07) is 7.24. The Hall–Kier alpha value is -1.46. The lowest BCUT2D eigenvalue weighted by Gasteiger charge is -2.07. The number of rotatable bonds is 2. The maximum atomic E-state index is 13.5. The van der Waals surface area contributed by atoms with Crippen LogP contribution in [0, 0.1) is 5.82 Å². The summed E-state index contributed by atoms with van der Waals surface area (Å²) in [7, 11) is 0. The summed E-state index contributed by atoms with van der Waals surface area (Å²) in [5.41, 5.74) is 0.395. The average Bonchev–Trinajstić information content (AvgIpc) is 2.33. The van der Waals surface area contributed by atoms with E-state index < -0.39 is 11.7 Å². The van der Waals surface area contributed by atoms with Crippen molar-refractivity contribution in [3.05, 3.63) is 57.5 Å². The van der Waals surface area contributed by atoms with Crippen LogP contribution in [-0.2, 0) is 0 Å². The molecule has 2 aromatic rings. The minimum Gasteiger partial charge on any atom is -0.319 e. The van der Waals surface area contributed by atoms with Crippen LogP contribution in [-0.4, -0.2) is 10.9 Å². The van der Waals surface area contributed by atoms with Gasteiger partial charge in [0.2, 0.25) is 0 Å². The van der Waals surface area contributed by atoms with E-state index in [1.807, 2.05) is 0 Å². The van der Waals surface area contributed by atoms with E-state index in [1.165, 1.54) is 12.1 Å². The molecule has 0 saturated carbocycles. The molecular formula is C12H7BrClFN2O. The molecule has 92 valence electrons. The van der Waals surface area contributed by atoms with E-state index in [9.17, 15) is 9.18 Å². The lowest BCUT2D eigenvalue weighted by atomic mass is 10.2. The molecule has 1 aromatic heterocycles. The highest BCUT2D eigenvalue weighted by Gasteiger charge is 2.12. The molecule has 0 radical (unpaired) electrons. The first-order valence-electron chi connectivity index (χ1n) is 4.95. The SMILES string of the molecule is O=C(Nc1ccc(Cl)cc1F)c1cccnc1Br. The van der Waals surface area contributed by atoms with Gasteiger partial charge in [-0.15, -0.1) is 0 Å². The van der Waals surface area contributed by atoms with Crippen molar-refractivity contribution in [2.45, 2.75) is 0 Å². The summed E-state index contributed by atoms with van der Waals surface area (Å²) in [4.78, 5) is 15.8. The molecule has 0 atom stereocenters. The van der Waals surface area contributed by atoms with Crippen molar-refractivity contribution in [3.63, 3.8) is 0 Å². The summed E-state index contributed by atoms with van der Waals surface area (Å²) < 4.78 is 13.9. The van der Waals surface area contributed by atoms with Crippen LogP contribution in [0.2, 0.25) is 5.02 Å². The van der Waals surface area contributed by atoms with E-state index in [-0.39, 0.29) is 10.7 Å². The molecule has 1 heterocycles. The number of amides is 1. The van der Waals surface area contributed by atoms with Crippen molar-refractivity contribution in [3.8, 4) is 0 Å². The zero-order chi connectivity index (χ0) is 13.1. The number of hydrogen-bond donors (Lipinski definition) is 1. The fraction of sp³-hybridized carbons (Fsp3) is 0. The van der Waals surface area contributed by atoms with Gasteiger partial charge in [-0.25, -0.2) is 9.37 Å². The molecule has 0 spiro atoms. The second-order valence-electron chi connectivity index (χ2n) is 3.42. The van der Waals surface area contributed by atoms with Crippen molar-refractivity contribution in [2.75, 3.05) is 5.32 Å². The molecule has 0 saturated heterocycles. The van der Waals surface area contributed by atoms with E-state index in [2.05, 4.69) is 26.2 Å². The van der Waals surface area contributed by atoms with E-state index in [1.54, 1.807) is 18.3 Å². The summed E-state index contributed by atoms with van der Waals surface area (Å²) in [5, 5.41) is 2.72. The number of carbonyl (C=O) groups excluding carboxylic acids is 1. The highest BCUT2D eigenvalue weighted by Crippen LogP contribution is 2.20. The van der Waals surface area contributed by atoms with Gasteiger partial charge in [-0.1, -0.05) is 11.6 Å². The maximum Gasteiger partial charge on any atom is 0.258 e. The Bertz CT molecular complexity index is 606. The third kappa shape index (κ3) is 2.86. The van der Waals surface area contributed by atoms with Crippen LogP contribution >= 0.6 is 27.5 Å². The van der Waals surface area contributed by atoms with E-state index in [0.717, 1.165) is 6.07 Å². The molecule has 0 unspecified atom stereocenters. The van der Waals surface area contributed by atoms with Gasteiger partial charge in [-0.2, -0.15) is 0 Å². The van der Waals surface area contributed by atoms with Crippen molar-refractivity contribution < 1.29 is 9.18 Å². The highest BCUT2D eigenvalue weighted by molar-refractivity contribution is 9.10. The lowest BCUT2D eigenvalue weighted by molar-refractivity contribution is 0.102. The number of aromatic nitrogens is 1. The van der Waals surface area contributed by atoms with Crippen LogP contribution < -0.4 is 5.32 Å². The van der Waals surface area contributed by atoms with Crippen LogP contribution in [0.4, 0.5) is 10.1 Å². The van der Waals surface area contributed by atoms with E-state index >= 15 is 0 Å². The fourth-order valence-corrected chi connectivity index (χ4v) is 1.93. The van der Waals surface area contributed by atoms with Gasteiger partial charge in [0, 0.05) is 11.2 Å². The van der Waals surface area contributed by atoms with Crippen molar-refractivity contribution >= 4 is 39.1 Å². The Kier molecular flexibility index (Phi) is 3.93. The fourth-order valence-electron chi connectivity index (χ4n) is 1.34. The van der Waals surface area contributed by atoms with Crippen LogP contribution in [0.25, 0.3) is 0 Å². The molecule has 0 fully saturated rings. The van der Waals surface area contributed by atoms with Gasteiger partial charge >= 0.3 is 0 Å². The van der Waals surface area contributed by atoms with Gasteiger partial charge in [0.1, 0.15) is 10.4 Å². The molecule has 3 nitrogen and oxygen atoms in total. The molecule has 1 amide bonds. The number of carbonyl (C=O) groups is 1. The van der Waals surface area contributed by atoms with E-state index in [0.29, 0.717) is 10.2 Å². The van der Waals surface area contributed by atoms with Crippen molar-refractivity contribution in [2.24, 2.45) is 0 Å². The van der Waals surface area contributed by atoms with Gasteiger partial charge in [0.25, 0.3) is 5.91 Å². The zero-order valence-corrected chi connectivity index (χ0v) is 11.3. The van der Waals surface area contributed by atoms with Gasteiger partial charge in [0.05, 0.1) is 11.3 Å². The third-order valence-corrected chi connectivity index (χ3v) is 3.05. The first-order valence-corrected chi connectivity index (χ1v) is 6.12. The number of pyridine rings is 1. The molecule has 0 bridgehead atoms. The lowest BCUT2D eigenvalue weighted by Crippen LogP contribution is -2.14. The summed E-state index contributed by atoms with van der Waals surface area (Å²) in [5.74, 6) is -1.04. The first-order chi connectivity index (χ1) is 8.58. The number of nitrogens with zero attached hydrogens (tertiary/aromatic N) is 1. The van der Waals surface area contributed by atoms with Crippen molar-refractivity contribution in [1.82, 2.24) is 4.98 Å². The standard InChI is InChI=1S/C12H7BrClFN2O/c13-11-8(2-1-5-16-11)12(18)17-10-4-3-7(14)6-9(10)15/h1-6H,(H,17,18). The Morgan fingerprint density at radius 2 is 2.17 bits per heavy atom. The van der Waals surface area contributed by atoms with Crippen LogP contribution in [0.5, 0.6) is 0 Å². The average molecular weight is 330 g/mol. The van der Waals surface area contributed by atoms with E-state index in [4.69, 9.17) is 11.6 Å². The topological polar surface area (TPSA) is 42.0 Å². The first kappa shape index (κ1) is 13.0. The molecule has 1 aromatic carbocycles. The largest absolute Gasteiger partial charge is 0.319 e. The van der Waals surface area contributed by atoms with Crippen LogP contribution in [0.15, 0.2) is 41.1 Å². The summed E-state index contributed by atoms with van der Waals surface area (Å²) in [6.45, 7) is 0. The van der Waals surface area contributed by atoms with Gasteiger partial charge in [0.15, 0.2) is 0 Å². The predicted octanol–water partition coefficient (Wildman–Crippen LogP) is 3.89. The number of anilines is 1. The maximum absolute atomic E-state index is 13.5. The quantitative estimate of drug-likeness (QED) is 0.849. The van der Waals surface area contributed by atoms with Crippen molar-refractivity contribution in [1.29, 1.82) is 0 Å². The molecule has 1 N–H and O–H groups in total. The van der Waals surface area contributed by atoms with Crippen LogP contribution in [0.3, 0.4) is 0 Å². The second kappa shape index (κ2) is 5.46. The third-order valence-electron chi connectivity index (χ3n) is 2.18. The molecule has 6 heteroatoms. The molecule has 0 aliphatic heterocycles. The Morgan fingerprint density at radius 3 is 2.83 bits per heavy atom. The number of hydrogen-bond acceptors (Lipinski definition) is 2. The zero-order valence-electron chi connectivity index (χ0n) is 8.95. The molecule has 0 aliphatic rings. The van der Waals surface area contributed by atoms with Gasteiger partial charge in [-0.3, -0.25) is 4.79 Å². The van der Waals surface area contributed by atoms with Gasteiger partial charge < -0.3 is 5.32 Å². The van der Waals surface area contributed by atoms with Crippen LogP contribution in [0.1, 0.15) is 10.4 Å². The minimum absolute atomic E-state index is 0.0696. The Morgan fingerprint density at radius 1 is 1.39 bits per heavy atom. The van der Waals surface area contributed by atoms with Gasteiger partial charge in [-0.05, 0) is 46.3 Å². The molecule has 18 heavy (non-hydrogen) atoms. The molecule has 2 rings (SSSR count). The smallest absolute Gasteiger partial charge is 0.258 e. The Balaban J connectivity index is 2.24. The summed E-state index contributed by atoms with van der Waals surface area (Å²) >= 11 is 8.78. The normalized spacial score (nSPS) is 10.2. The Labute approximate surface area is 116 Å². The second-order valence-corrected chi connectivity index (χ2v) is 4.61. The number of benzene rings is 1. The highest BCUT2D eigenvalue weighted by atomic mass is 79.9. The number of halogens is 3. The molecular weight excluding hydrogens is 322 g/mol. The monoisotopic (exact) mass is 328 g/mol. The minimum atomic E-state index is -0.587. The summed E-state index contributed by atoms with van der Waals surface area (Å²) in [6.07, 6.45) is 1.55. The number of nitrogens with one attached hydrogen (secondary N) is 1.